The molecule has 21 heavy (non-hydrogen) atoms. The van der Waals surface area contributed by atoms with Crippen molar-refractivity contribution in [2.75, 3.05) is 6.61 Å². The third-order valence-corrected chi connectivity index (χ3v) is 3.82. The molecule has 0 saturated carbocycles. The minimum atomic E-state index is -0.453. The van der Waals surface area contributed by atoms with Crippen molar-refractivity contribution in [3.63, 3.8) is 0 Å². The molecule has 0 unspecified atom stereocenters. The monoisotopic (exact) mass is 291 g/mol. The van der Waals surface area contributed by atoms with Crippen LogP contribution in [0.25, 0.3) is 5.52 Å². The van der Waals surface area contributed by atoms with Gasteiger partial charge in [0.1, 0.15) is 0 Å². The van der Waals surface area contributed by atoms with E-state index in [4.69, 9.17) is 0 Å². The van der Waals surface area contributed by atoms with Crippen LogP contribution in [-0.2, 0) is 6.54 Å². The number of aliphatic hydroxyl groups is 2. The summed E-state index contributed by atoms with van der Waals surface area (Å²) in [6.45, 7) is 6.62. The second-order valence-electron chi connectivity index (χ2n) is 6.58. The number of nitrogens with zero attached hydrogens (tertiary/aromatic N) is 2. The lowest BCUT2D eigenvalue weighted by Crippen LogP contribution is -2.39. The van der Waals surface area contributed by atoms with Gasteiger partial charge in [0.25, 0.3) is 0 Å². The zero-order valence-corrected chi connectivity index (χ0v) is 13.0. The van der Waals surface area contributed by atoms with E-state index in [1.54, 1.807) is 0 Å². The highest BCUT2D eigenvalue weighted by Gasteiger charge is 2.25. The van der Waals surface area contributed by atoms with Crippen LogP contribution in [0, 0.1) is 5.41 Å². The van der Waals surface area contributed by atoms with Gasteiger partial charge in [0, 0.05) is 24.3 Å². The molecule has 0 radical (unpaired) electrons. The number of fused-ring (bicyclic) bond motifs is 1. The molecular formula is C16H25N3O2. The maximum Gasteiger partial charge on any atom is 0.0706 e. The predicted octanol–water partition coefficient (Wildman–Crippen LogP) is 1.58. The van der Waals surface area contributed by atoms with E-state index in [1.807, 2.05) is 55.9 Å². The first-order valence-corrected chi connectivity index (χ1v) is 7.35. The highest BCUT2D eigenvalue weighted by atomic mass is 16.3. The Morgan fingerprint density at radius 1 is 1.33 bits per heavy atom. The summed E-state index contributed by atoms with van der Waals surface area (Å²) >= 11 is 0. The van der Waals surface area contributed by atoms with E-state index in [9.17, 15) is 10.2 Å². The molecule has 0 aliphatic carbocycles. The first-order chi connectivity index (χ1) is 9.91. The highest BCUT2D eigenvalue weighted by Crippen LogP contribution is 2.22. The standard InChI is InChI=1S/C16H25N3O2/c1-16(2,3)15(21)8-13(11-20)17-9-12-10-18-19-7-5-4-6-14(12)19/h4-7,10,13,15,17,20-21H,8-9,11H2,1-3H3/t13-,15-/m1/s1. The van der Waals surface area contributed by atoms with E-state index in [2.05, 4.69) is 10.4 Å². The van der Waals surface area contributed by atoms with Crippen LogP contribution in [0.1, 0.15) is 32.8 Å². The van der Waals surface area contributed by atoms with Crippen molar-refractivity contribution >= 4 is 5.52 Å². The van der Waals surface area contributed by atoms with Crippen LogP contribution in [0.3, 0.4) is 0 Å². The molecule has 0 fully saturated rings. The Morgan fingerprint density at radius 2 is 2.10 bits per heavy atom. The molecule has 2 aromatic heterocycles. The molecule has 3 N–H and O–H groups in total. The summed E-state index contributed by atoms with van der Waals surface area (Å²) in [6.07, 6.45) is 3.81. The lowest BCUT2D eigenvalue weighted by molar-refractivity contribution is 0.0389. The topological polar surface area (TPSA) is 69.8 Å². The fourth-order valence-corrected chi connectivity index (χ4v) is 2.22. The van der Waals surface area contributed by atoms with E-state index in [-0.39, 0.29) is 18.1 Å². The molecule has 0 aromatic carbocycles. The normalized spacial score (nSPS) is 15.3. The van der Waals surface area contributed by atoms with Gasteiger partial charge < -0.3 is 15.5 Å². The van der Waals surface area contributed by atoms with Gasteiger partial charge in [0.15, 0.2) is 0 Å². The molecule has 5 heteroatoms. The van der Waals surface area contributed by atoms with Crippen molar-refractivity contribution in [2.45, 2.75) is 45.9 Å². The number of hydrogen-bond acceptors (Lipinski definition) is 4. The maximum atomic E-state index is 10.1. The lowest BCUT2D eigenvalue weighted by atomic mass is 9.85. The Morgan fingerprint density at radius 3 is 2.76 bits per heavy atom. The zero-order valence-electron chi connectivity index (χ0n) is 13.0. The molecule has 0 spiro atoms. The average molecular weight is 291 g/mol. The van der Waals surface area contributed by atoms with Gasteiger partial charge in [0.05, 0.1) is 24.4 Å². The molecule has 0 saturated heterocycles. The fraction of sp³-hybridized carbons (Fsp3) is 0.562. The molecule has 5 nitrogen and oxygen atoms in total. The third kappa shape index (κ3) is 4.03. The number of aromatic nitrogens is 2. The van der Waals surface area contributed by atoms with Crippen LogP contribution in [0.5, 0.6) is 0 Å². The van der Waals surface area contributed by atoms with Crippen molar-refractivity contribution in [1.29, 1.82) is 0 Å². The Hall–Kier alpha value is -1.43. The van der Waals surface area contributed by atoms with Gasteiger partial charge in [-0.3, -0.25) is 0 Å². The van der Waals surface area contributed by atoms with Crippen LogP contribution in [0.4, 0.5) is 0 Å². The van der Waals surface area contributed by atoms with Gasteiger partial charge in [-0.15, -0.1) is 0 Å². The molecule has 0 amide bonds. The molecule has 0 aliphatic rings. The summed E-state index contributed by atoms with van der Waals surface area (Å²) in [4.78, 5) is 0. The summed E-state index contributed by atoms with van der Waals surface area (Å²) in [5, 5.41) is 27.2. The summed E-state index contributed by atoms with van der Waals surface area (Å²) in [7, 11) is 0. The molecular weight excluding hydrogens is 266 g/mol. The van der Waals surface area contributed by atoms with Crippen molar-refractivity contribution < 1.29 is 10.2 Å². The van der Waals surface area contributed by atoms with E-state index in [0.29, 0.717) is 13.0 Å². The van der Waals surface area contributed by atoms with Gasteiger partial charge in [-0.2, -0.15) is 5.10 Å². The molecule has 2 rings (SSSR count). The number of aliphatic hydroxyl groups excluding tert-OH is 2. The second-order valence-corrected chi connectivity index (χ2v) is 6.58. The van der Waals surface area contributed by atoms with E-state index in [0.717, 1.165) is 11.1 Å². The first-order valence-electron chi connectivity index (χ1n) is 7.35. The SMILES string of the molecule is CC(C)(C)[C@H](O)C[C@H](CO)NCc1cnn2ccccc12. The first kappa shape index (κ1) is 15.9. The lowest BCUT2D eigenvalue weighted by Gasteiger charge is -2.29. The van der Waals surface area contributed by atoms with Gasteiger partial charge in [-0.05, 0) is 24.0 Å². The van der Waals surface area contributed by atoms with Crippen LogP contribution in [0.15, 0.2) is 30.6 Å². The Labute approximate surface area is 125 Å². The van der Waals surface area contributed by atoms with Crippen molar-refractivity contribution in [3.8, 4) is 0 Å². The van der Waals surface area contributed by atoms with Gasteiger partial charge >= 0.3 is 0 Å². The Kier molecular flexibility index (Phi) is 4.98. The maximum absolute atomic E-state index is 10.1. The Balaban J connectivity index is 1.97. The van der Waals surface area contributed by atoms with Crippen LogP contribution in [-0.4, -0.2) is 38.6 Å². The van der Waals surface area contributed by atoms with Gasteiger partial charge in [0.2, 0.25) is 0 Å². The second kappa shape index (κ2) is 6.56. The van der Waals surface area contributed by atoms with E-state index >= 15 is 0 Å². The molecule has 0 aliphatic heterocycles. The van der Waals surface area contributed by atoms with Crippen LogP contribution in [0.2, 0.25) is 0 Å². The average Bonchev–Trinajstić information content (AvgIpc) is 2.85. The fourth-order valence-electron chi connectivity index (χ4n) is 2.22. The van der Waals surface area contributed by atoms with Crippen molar-refractivity contribution in [3.05, 3.63) is 36.2 Å². The molecule has 2 heterocycles. The number of pyridine rings is 1. The highest BCUT2D eigenvalue weighted by molar-refractivity contribution is 5.53. The van der Waals surface area contributed by atoms with Gasteiger partial charge in [-0.1, -0.05) is 26.8 Å². The van der Waals surface area contributed by atoms with E-state index < -0.39 is 6.10 Å². The summed E-state index contributed by atoms with van der Waals surface area (Å²) in [5.41, 5.74) is 1.96. The summed E-state index contributed by atoms with van der Waals surface area (Å²) in [6, 6.07) is 5.81. The smallest absolute Gasteiger partial charge is 0.0706 e. The van der Waals surface area contributed by atoms with E-state index in [1.165, 1.54) is 0 Å². The molecule has 0 bridgehead atoms. The summed E-state index contributed by atoms with van der Waals surface area (Å²) in [5.74, 6) is 0. The zero-order chi connectivity index (χ0) is 15.5. The van der Waals surface area contributed by atoms with Crippen LogP contribution < -0.4 is 5.32 Å². The van der Waals surface area contributed by atoms with Gasteiger partial charge in [-0.25, -0.2) is 4.52 Å². The molecule has 2 atom stereocenters. The quantitative estimate of drug-likeness (QED) is 0.756. The summed E-state index contributed by atoms with van der Waals surface area (Å²) < 4.78 is 1.83. The van der Waals surface area contributed by atoms with Crippen molar-refractivity contribution in [1.82, 2.24) is 14.9 Å². The molecule has 116 valence electrons. The predicted molar refractivity (Wildman–Crippen MR) is 83.0 cm³/mol. The largest absolute Gasteiger partial charge is 0.395 e. The number of nitrogens with one attached hydrogen (secondary N) is 1. The minimum absolute atomic E-state index is 0.00630. The minimum Gasteiger partial charge on any atom is -0.395 e. The van der Waals surface area contributed by atoms with Crippen molar-refractivity contribution in [2.24, 2.45) is 5.41 Å². The number of hydrogen-bond donors (Lipinski definition) is 3. The number of rotatable bonds is 6. The molecule has 2 aromatic rings. The third-order valence-electron chi connectivity index (χ3n) is 3.82. The van der Waals surface area contributed by atoms with Crippen LogP contribution >= 0.6 is 0 Å². The Bertz CT molecular complexity index is 574.